The standard InChI is InChI=1S/C18H27N3O3/c1-2-24-18(23)21-12-10-20(11-13-21)16-14-15(6-7-17(16)22)19-8-4-3-5-9-19/h6-7,14,22H,2-5,8-13H2,1H3. The Kier molecular flexibility index (Phi) is 5.33. The van der Waals surface area contributed by atoms with E-state index >= 15 is 0 Å². The Hall–Kier alpha value is -2.11. The lowest BCUT2D eigenvalue weighted by atomic mass is 10.1. The first-order valence-electron chi connectivity index (χ1n) is 8.93. The van der Waals surface area contributed by atoms with Crippen LogP contribution >= 0.6 is 0 Å². The molecule has 3 rings (SSSR count). The quantitative estimate of drug-likeness (QED) is 0.922. The zero-order valence-corrected chi connectivity index (χ0v) is 14.4. The largest absolute Gasteiger partial charge is 0.506 e. The van der Waals surface area contributed by atoms with E-state index < -0.39 is 0 Å². The van der Waals surface area contributed by atoms with E-state index in [9.17, 15) is 9.90 Å². The highest BCUT2D eigenvalue weighted by atomic mass is 16.6. The number of hydrogen-bond donors (Lipinski definition) is 1. The minimum Gasteiger partial charge on any atom is -0.506 e. The Morgan fingerprint density at radius 2 is 1.75 bits per heavy atom. The molecule has 0 unspecified atom stereocenters. The molecule has 6 heteroatoms. The highest BCUT2D eigenvalue weighted by Crippen LogP contribution is 2.33. The van der Waals surface area contributed by atoms with E-state index in [4.69, 9.17) is 4.74 Å². The number of carbonyl (C=O) groups excluding carboxylic acids is 1. The van der Waals surface area contributed by atoms with Crippen molar-refractivity contribution in [3.63, 3.8) is 0 Å². The maximum atomic E-state index is 11.8. The third kappa shape index (κ3) is 3.68. The molecule has 0 atom stereocenters. The number of amides is 1. The van der Waals surface area contributed by atoms with Gasteiger partial charge in [0.15, 0.2) is 0 Å². The van der Waals surface area contributed by atoms with Gasteiger partial charge in [0.05, 0.1) is 12.3 Å². The van der Waals surface area contributed by atoms with Crippen molar-refractivity contribution < 1.29 is 14.6 Å². The molecule has 0 radical (unpaired) electrons. The van der Waals surface area contributed by atoms with Gasteiger partial charge < -0.3 is 24.5 Å². The van der Waals surface area contributed by atoms with Gasteiger partial charge in [0.1, 0.15) is 5.75 Å². The van der Waals surface area contributed by atoms with Crippen molar-refractivity contribution in [3.8, 4) is 5.75 Å². The van der Waals surface area contributed by atoms with Crippen LogP contribution in [0.1, 0.15) is 26.2 Å². The summed E-state index contributed by atoms with van der Waals surface area (Å²) in [5.74, 6) is 0.306. The van der Waals surface area contributed by atoms with Gasteiger partial charge in [-0.15, -0.1) is 0 Å². The Bertz CT molecular complexity index is 565. The number of nitrogens with zero attached hydrogens (tertiary/aromatic N) is 3. The van der Waals surface area contributed by atoms with Crippen LogP contribution in [0.4, 0.5) is 16.2 Å². The number of phenols is 1. The predicted octanol–water partition coefficient (Wildman–Crippen LogP) is 2.66. The van der Waals surface area contributed by atoms with Crippen molar-refractivity contribution >= 4 is 17.5 Å². The van der Waals surface area contributed by atoms with Gasteiger partial charge in [-0.25, -0.2) is 4.79 Å². The van der Waals surface area contributed by atoms with Crippen LogP contribution in [0.15, 0.2) is 18.2 Å². The topological polar surface area (TPSA) is 56.2 Å². The molecule has 0 bridgehead atoms. The Labute approximate surface area is 143 Å². The molecule has 2 fully saturated rings. The van der Waals surface area contributed by atoms with E-state index in [-0.39, 0.29) is 6.09 Å². The number of benzene rings is 1. The maximum Gasteiger partial charge on any atom is 0.409 e. The number of carbonyl (C=O) groups is 1. The number of piperidine rings is 1. The Morgan fingerprint density at radius 3 is 2.42 bits per heavy atom. The molecule has 24 heavy (non-hydrogen) atoms. The summed E-state index contributed by atoms with van der Waals surface area (Å²) in [5, 5.41) is 10.3. The summed E-state index contributed by atoms with van der Waals surface area (Å²) in [6, 6.07) is 5.87. The molecule has 1 amide bonds. The number of hydrogen-bond acceptors (Lipinski definition) is 5. The van der Waals surface area contributed by atoms with E-state index in [0.717, 1.165) is 18.8 Å². The molecule has 1 aromatic carbocycles. The lowest BCUT2D eigenvalue weighted by Gasteiger charge is -2.36. The summed E-state index contributed by atoms with van der Waals surface area (Å²) >= 11 is 0. The summed E-state index contributed by atoms with van der Waals surface area (Å²) in [6.45, 7) is 7.03. The van der Waals surface area contributed by atoms with Gasteiger partial charge in [0.25, 0.3) is 0 Å². The number of phenolic OH excluding ortho intramolecular Hbond substituents is 1. The van der Waals surface area contributed by atoms with E-state index in [2.05, 4.69) is 15.9 Å². The van der Waals surface area contributed by atoms with Crippen molar-refractivity contribution in [2.45, 2.75) is 26.2 Å². The van der Waals surface area contributed by atoms with Crippen molar-refractivity contribution in [1.82, 2.24) is 4.90 Å². The molecule has 0 spiro atoms. The van der Waals surface area contributed by atoms with Gasteiger partial charge >= 0.3 is 6.09 Å². The second-order valence-corrected chi connectivity index (χ2v) is 6.39. The SMILES string of the molecule is CCOC(=O)N1CCN(c2cc(N3CCCCC3)ccc2O)CC1. The van der Waals surface area contributed by atoms with E-state index in [1.807, 2.05) is 13.0 Å². The van der Waals surface area contributed by atoms with Gasteiger partial charge in [-0.1, -0.05) is 0 Å². The maximum absolute atomic E-state index is 11.8. The number of ether oxygens (including phenoxy) is 1. The van der Waals surface area contributed by atoms with E-state index in [1.165, 1.54) is 24.9 Å². The first-order valence-corrected chi connectivity index (χ1v) is 8.93. The van der Waals surface area contributed by atoms with Crippen LogP contribution in [0.3, 0.4) is 0 Å². The fourth-order valence-electron chi connectivity index (χ4n) is 3.46. The van der Waals surface area contributed by atoms with Crippen LogP contribution in [-0.2, 0) is 4.74 Å². The molecular formula is C18H27N3O3. The average Bonchev–Trinajstić information content (AvgIpc) is 2.63. The molecule has 2 heterocycles. The van der Waals surface area contributed by atoms with Crippen LogP contribution in [0.25, 0.3) is 0 Å². The highest BCUT2D eigenvalue weighted by Gasteiger charge is 2.24. The first-order chi connectivity index (χ1) is 11.7. The number of anilines is 2. The number of rotatable bonds is 3. The number of piperazine rings is 1. The molecule has 1 N–H and O–H groups in total. The second-order valence-electron chi connectivity index (χ2n) is 6.39. The number of aromatic hydroxyl groups is 1. The van der Waals surface area contributed by atoms with Crippen LogP contribution in [0, 0.1) is 0 Å². The fraction of sp³-hybridized carbons (Fsp3) is 0.611. The summed E-state index contributed by atoms with van der Waals surface area (Å²) in [6.07, 6.45) is 3.52. The minimum absolute atomic E-state index is 0.247. The molecule has 2 saturated heterocycles. The van der Waals surface area contributed by atoms with Crippen LogP contribution < -0.4 is 9.80 Å². The van der Waals surface area contributed by atoms with E-state index in [0.29, 0.717) is 38.5 Å². The van der Waals surface area contributed by atoms with Crippen LogP contribution in [0.5, 0.6) is 5.75 Å². The molecule has 132 valence electrons. The Balaban J connectivity index is 1.67. The van der Waals surface area contributed by atoms with Crippen molar-refractivity contribution in [1.29, 1.82) is 0 Å². The summed E-state index contributed by atoms with van der Waals surface area (Å²) in [4.78, 5) is 18.1. The van der Waals surface area contributed by atoms with Gasteiger partial charge in [-0.05, 0) is 44.4 Å². The first kappa shape index (κ1) is 16.7. The predicted molar refractivity (Wildman–Crippen MR) is 95.0 cm³/mol. The van der Waals surface area contributed by atoms with Crippen molar-refractivity contribution in [2.75, 3.05) is 55.7 Å². The molecule has 2 aliphatic heterocycles. The summed E-state index contributed by atoms with van der Waals surface area (Å²) in [5.41, 5.74) is 2.04. The third-order valence-corrected chi connectivity index (χ3v) is 4.83. The zero-order valence-electron chi connectivity index (χ0n) is 14.4. The molecular weight excluding hydrogens is 306 g/mol. The molecule has 0 saturated carbocycles. The normalized spacial score (nSPS) is 18.6. The smallest absolute Gasteiger partial charge is 0.409 e. The monoisotopic (exact) mass is 333 g/mol. The molecule has 1 aromatic rings. The van der Waals surface area contributed by atoms with Crippen molar-refractivity contribution in [2.24, 2.45) is 0 Å². The molecule has 0 aromatic heterocycles. The lowest BCUT2D eigenvalue weighted by molar-refractivity contribution is 0.105. The van der Waals surface area contributed by atoms with Crippen molar-refractivity contribution in [3.05, 3.63) is 18.2 Å². The molecule has 0 aliphatic carbocycles. The molecule has 2 aliphatic rings. The lowest BCUT2D eigenvalue weighted by Crippen LogP contribution is -2.49. The van der Waals surface area contributed by atoms with Crippen LogP contribution in [0.2, 0.25) is 0 Å². The van der Waals surface area contributed by atoms with Gasteiger partial charge in [0, 0.05) is 45.0 Å². The highest BCUT2D eigenvalue weighted by molar-refractivity contribution is 5.70. The minimum atomic E-state index is -0.247. The van der Waals surface area contributed by atoms with Crippen LogP contribution in [-0.4, -0.2) is 62.0 Å². The van der Waals surface area contributed by atoms with Gasteiger partial charge in [0.2, 0.25) is 0 Å². The van der Waals surface area contributed by atoms with Gasteiger partial charge in [-0.3, -0.25) is 0 Å². The third-order valence-electron chi connectivity index (χ3n) is 4.83. The fourth-order valence-corrected chi connectivity index (χ4v) is 3.46. The summed E-state index contributed by atoms with van der Waals surface area (Å²) < 4.78 is 5.06. The average molecular weight is 333 g/mol. The summed E-state index contributed by atoms with van der Waals surface area (Å²) in [7, 11) is 0. The molecule has 6 nitrogen and oxygen atoms in total. The second kappa shape index (κ2) is 7.64. The Morgan fingerprint density at radius 1 is 1.04 bits per heavy atom. The zero-order chi connectivity index (χ0) is 16.9. The van der Waals surface area contributed by atoms with Gasteiger partial charge in [-0.2, -0.15) is 0 Å². The van der Waals surface area contributed by atoms with E-state index in [1.54, 1.807) is 11.0 Å².